The Balaban J connectivity index is 0.000000454. The molecule has 0 radical (unpaired) electrons. The number of hydrogen-bond acceptors (Lipinski definition) is 7. The molecular weight excluding hydrogens is 484 g/mol. The van der Waals surface area contributed by atoms with Crippen molar-refractivity contribution in [3.05, 3.63) is 41.1 Å². The van der Waals surface area contributed by atoms with E-state index in [0.29, 0.717) is 30.4 Å². The van der Waals surface area contributed by atoms with Crippen molar-refractivity contribution in [3.63, 3.8) is 0 Å². The summed E-state index contributed by atoms with van der Waals surface area (Å²) in [7, 11) is 0. The van der Waals surface area contributed by atoms with Gasteiger partial charge in [-0.05, 0) is 44.7 Å². The molecule has 2 aliphatic rings. The second-order valence-electron chi connectivity index (χ2n) is 8.78. The second kappa shape index (κ2) is 11.5. The largest absolute Gasteiger partial charge is 0.490 e. The van der Waals surface area contributed by atoms with Crippen LogP contribution in [0.2, 0.25) is 0 Å². The minimum absolute atomic E-state index is 0.0592. The standard InChI is InChI=1S/C21H27FN6O.C2HF3O2/c1-14(2)25-19-17(20(29)27-7-3-4-8-27)11-15-5-9-28(10-6-18(15)26-19)21-23-12-16(22)13-24-21;3-2(4,5)1(6)7/h11-14H,3-10H2,1-2H3,(H,25,26);(H,6,7). The van der Waals surface area contributed by atoms with Gasteiger partial charge in [0.15, 0.2) is 5.82 Å². The first-order chi connectivity index (χ1) is 17.0. The molecule has 1 amide bonds. The Morgan fingerprint density at radius 3 is 2.19 bits per heavy atom. The highest BCUT2D eigenvalue weighted by atomic mass is 19.4. The van der Waals surface area contributed by atoms with Gasteiger partial charge in [0.2, 0.25) is 5.95 Å². The summed E-state index contributed by atoms with van der Waals surface area (Å²) in [5.74, 6) is -1.95. The Hall–Kier alpha value is -3.51. The number of hydrogen-bond donors (Lipinski definition) is 2. The summed E-state index contributed by atoms with van der Waals surface area (Å²) in [5, 5.41) is 10.5. The third kappa shape index (κ3) is 7.01. The number of nitrogens with one attached hydrogen (secondary N) is 1. The third-order valence-corrected chi connectivity index (χ3v) is 5.64. The maximum atomic E-state index is 13.1. The molecule has 0 aromatic carbocycles. The lowest BCUT2D eigenvalue weighted by Crippen LogP contribution is -2.29. The number of carbonyl (C=O) groups excluding carboxylic acids is 1. The number of anilines is 2. The van der Waals surface area contributed by atoms with E-state index in [2.05, 4.69) is 15.3 Å². The van der Waals surface area contributed by atoms with Gasteiger partial charge in [0.05, 0.1) is 18.0 Å². The van der Waals surface area contributed by atoms with E-state index in [1.54, 1.807) is 0 Å². The minimum Gasteiger partial charge on any atom is -0.475 e. The molecule has 2 N–H and O–H groups in total. The van der Waals surface area contributed by atoms with Crippen LogP contribution in [0.5, 0.6) is 0 Å². The molecule has 36 heavy (non-hydrogen) atoms. The number of carbonyl (C=O) groups is 2. The zero-order valence-corrected chi connectivity index (χ0v) is 20.0. The molecule has 4 heterocycles. The molecular formula is C23H28F4N6O3. The van der Waals surface area contributed by atoms with Gasteiger partial charge in [0, 0.05) is 44.3 Å². The lowest BCUT2D eigenvalue weighted by atomic mass is 10.0. The topological polar surface area (TPSA) is 112 Å². The fourth-order valence-corrected chi connectivity index (χ4v) is 3.94. The van der Waals surface area contributed by atoms with E-state index in [4.69, 9.17) is 14.9 Å². The van der Waals surface area contributed by atoms with Crippen molar-refractivity contribution in [1.82, 2.24) is 19.9 Å². The van der Waals surface area contributed by atoms with Gasteiger partial charge in [0.25, 0.3) is 5.91 Å². The molecule has 1 fully saturated rings. The van der Waals surface area contributed by atoms with Crippen LogP contribution in [0, 0.1) is 5.82 Å². The van der Waals surface area contributed by atoms with E-state index < -0.39 is 18.0 Å². The van der Waals surface area contributed by atoms with Crippen molar-refractivity contribution in [1.29, 1.82) is 0 Å². The first-order valence-corrected chi connectivity index (χ1v) is 11.6. The Bertz CT molecular complexity index is 1070. The summed E-state index contributed by atoms with van der Waals surface area (Å²) >= 11 is 0. The first-order valence-electron chi connectivity index (χ1n) is 11.6. The number of carboxylic acid groups (broad SMARTS) is 1. The number of aromatic nitrogens is 3. The highest BCUT2D eigenvalue weighted by molar-refractivity contribution is 5.99. The van der Waals surface area contributed by atoms with Crippen LogP contribution < -0.4 is 10.2 Å². The van der Waals surface area contributed by atoms with Gasteiger partial charge in [-0.3, -0.25) is 4.79 Å². The molecule has 0 saturated carbocycles. The maximum Gasteiger partial charge on any atom is 0.490 e. The average Bonchev–Trinajstić information content (AvgIpc) is 3.27. The Morgan fingerprint density at radius 2 is 1.64 bits per heavy atom. The number of halogens is 4. The summed E-state index contributed by atoms with van der Waals surface area (Å²) in [6.45, 7) is 7.12. The van der Waals surface area contributed by atoms with Gasteiger partial charge in [-0.25, -0.2) is 24.1 Å². The fourth-order valence-electron chi connectivity index (χ4n) is 3.94. The van der Waals surface area contributed by atoms with E-state index in [1.807, 2.05) is 29.7 Å². The number of nitrogens with zero attached hydrogens (tertiary/aromatic N) is 5. The van der Waals surface area contributed by atoms with Gasteiger partial charge < -0.3 is 20.2 Å². The molecule has 4 rings (SSSR count). The number of rotatable bonds is 4. The zero-order valence-electron chi connectivity index (χ0n) is 20.0. The molecule has 13 heteroatoms. The molecule has 0 unspecified atom stereocenters. The molecule has 2 aromatic heterocycles. The lowest BCUT2D eigenvalue weighted by Gasteiger charge is -2.21. The molecule has 9 nitrogen and oxygen atoms in total. The monoisotopic (exact) mass is 512 g/mol. The number of amides is 1. The number of pyridine rings is 1. The molecule has 196 valence electrons. The Kier molecular flexibility index (Phi) is 8.64. The highest BCUT2D eigenvalue weighted by Crippen LogP contribution is 2.25. The maximum absolute atomic E-state index is 13.1. The van der Waals surface area contributed by atoms with Crippen molar-refractivity contribution >= 4 is 23.6 Å². The summed E-state index contributed by atoms with van der Waals surface area (Å²) in [5.41, 5.74) is 2.74. The molecule has 0 atom stereocenters. The van der Waals surface area contributed by atoms with E-state index in [0.717, 1.165) is 50.0 Å². The first kappa shape index (κ1) is 27.1. The summed E-state index contributed by atoms with van der Waals surface area (Å²) in [4.78, 5) is 39.1. The number of alkyl halides is 3. The molecule has 0 bridgehead atoms. The number of carboxylic acids is 1. The average molecular weight is 513 g/mol. The van der Waals surface area contributed by atoms with Crippen LogP contribution in [0.1, 0.15) is 48.3 Å². The summed E-state index contributed by atoms with van der Waals surface area (Å²) in [6.07, 6.45) is 0.881. The molecule has 2 aliphatic heterocycles. The van der Waals surface area contributed by atoms with Crippen molar-refractivity contribution in [2.75, 3.05) is 36.4 Å². The van der Waals surface area contributed by atoms with Crippen LogP contribution >= 0.6 is 0 Å². The number of aliphatic carboxylic acids is 1. The van der Waals surface area contributed by atoms with Crippen LogP contribution in [0.25, 0.3) is 0 Å². The lowest BCUT2D eigenvalue weighted by molar-refractivity contribution is -0.192. The minimum atomic E-state index is -5.08. The predicted octanol–water partition coefficient (Wildman–Crippen LogP) is 3.31. The molecule has 0 spiro atoms. The molecule has 1 saturated heterocycles. The van der Waals surface area contributed by atoms with E-state index in [-0.39, 0.29) is 11.9 Å². The zero-order chi connectivity index (χ0) is 26.5. The van der Waals surface area contributed by atoms with E-state index in [1.165, 1.54) is 12.4 Å². The van der Waals surface area contributed by atoms with Crippen molar-refractivity contribution in [3.8, 4) is 0 Å². The van der Waals surface area contributed by atoms with Crippen LogP contribution in [0.15, 0.2) is 18.5 Å². The number of fused-ring (bicyclic) bond motifs is 1. The van der Waals surface area contributed by atoms with Gasteiger partial charge >= 0.3 is 12.1 Å². The van der Waals surface area contributed by atoms with Gasteiger partial charge in [-0.2, -0.15) is 13.2 Å². The highest BCUT2D eigenvalue weighted by Gasteiger charge is 2.38. The van der Waals surface area contributed by atoms with E-state index >= 15 is 0 Å². The summed E-state index contributed by atoms with van der Waals surface area (Å²) < 4.78 is 44.9. The van der Waals surface area contributed by atoms with Crippen LogP contribution in [-0.2, 0) is 17.6 Å². The third-order valence-electron chi connectivity index (χ3n) is 5.64. The van der Waals surface area contributed by atoms with Crippen molar-refractivity contribution in [2.24, 2.45) is 0 Å². The predicted molar refractivity (Wildman–Crippen MR) is 123 cm³/mol. The van der Waals surface area contributed by atoms with E-state index in [9.17, 15) is 22.4 Å². The van der Waals surface area contributed by atoms with Crippen molar-refractivity contribution < 1.29 is 32.3 Å². The SMILES string of the molecule is CC(C)Nc1nc2c(cc1C(=O)N1CCCC1)CCN(c1ncc(F)cn1)CC2.O=C(O)C(F)(F)F. The quantitative estimate of drug-likeness (QED) is 0.601. The Morgan fingerprint density at radius 1 is 1.06 bits per heavy atom. The Labute approximate surface area is 205 Å². The van der Waals surface area contributed by atoms with Gasteiger partial charge in [-0.15, -0.1) is 0 Å². The number of likely N-dealkylation sites (tertiary alicyclic amines) is 1. The van der Waals surface area contributed by atoms with Crippen LogP contribution in [0.3, 0.4) is 0 Å². The molecule has 0 aliphatic carbocycles. The molecule has 2 aromatic rings. The summed E-state index contributed by atoms with van der Waals surface area (Å²) in [6, 6.07) is 2.20. The fraction of sp³-hybridized carbons (Fsp3) is 0.522. The normalized spacial score (nSPS) is 15.6. The van der Waals surface area contributed by atoms with Gasteiger partial charge in [-0.1, -0.05) is 0 Å². The van der Waals surface area contributed by atoms with Gasteiger partial charge in [0.1, 0.15) is 5.82 Å². The van der Waals surface area contributed by atoms with Crippen LogP contribution in [0.4, 0.5) is 29.3 Å². The van der Waals surface area contributed by atoms with Crippen LogP contribution in [-0.4, -0.2) is 75.2 Å². The van der Waals surface area contributed by atoms with Crippen molar-refractivity contribution in [2.45, 2.75) is 51.7 Å². The second-order valence-corrected chi connectivity index (χ2v) is 8.78. The smallest absolute Gasteiger partial charge is 0.475 e.